The molecule has 0 atom stereocenters. The van der Waals surface area contributed by atoms with Crippen LogP contribution in [0.1, 0.15) is 5.89 Å². The molecule has 7 heteroatoms. The average Bonchev–Trinajstić information content (AvgIpc) is 2.91. The molecule has 1 aliphatic rings. The molecule has 1 aliphatic heterocycles. The fourth-order valence-electron chi connectivity index (χ4n) is 2.17. The molecule has 0 bridgehead atoms. The molecule has 6 nitrogen and oxygen atoms in total. The highest BCUT2D eigenvalue weighted by Crippen LogP contribution is 2.31. The Labute approximate surface area is 129 Å². The summed E-state index contributed by atoms with van der Waals surface area (Å²) in [6.45, 7) is 2.04. The Morgan fingerprint density at radius 2 is 2.00 bits per heavy atom. The van der Waals surface area contributed by atoms with Crippen molar-refractivity contribution in [2.24, 2.45) is 5.92 Å². The second-order valence-corrected chi connectivity index (χ2v) is 4.81. The minimum absolute atomic E-state index is 0. The van der Waals surface area contributed by atoms with Crippen LogP contribution in [0, 0.1) is 5.92 Å². The Morgan fingerprint density at radius 3 is 2.62 bits per heavy atom. The second kappa shape index (κ2) is 6.78. The Morgan fingerprint density at radius 1 is 1.24 bits per heavy atom. The van der Waals surface area contributed by atoms with Gasteiger partial charge in [-0.3, -0.25) is 0 Å². The number of ether oxygens (including phenoxy) is 2. The number of nitrogens with one attached hydrogen (secondary N) is 1. The number of benzene rings is 1. The molecule has 0 unspecified atom stereocenters. The largest absolute Gasteiger partial charge is 0.493 e. The topological polar surface area (TPSA) is 69.4 Å². The quantitative estimate of drug-likeness (QED) is 0.910. The van der Waals surface area contributed by atoms with Crippen molar-refractivity contribution in [1.82, 2.24) is 15.5 Å². The highest BCUT2D eigenvalue weighted by molar-refractivity contribution is 5.85. The van der Waals surface area contributed by atoms with Crippen molar-refractivity contribution in [3.8, 4) is 22.9 Å². The van der Waals surface area contributed by atoms with Crippen LogP contribution in [-0.4, -0.2) is 37.4 Å². The summed E-state index contributed by atoms with van der Waals surface area (Å²) >= 11 is 0. The first-order chi connectivity index (χ1) is 9.80. The number of methoxy groups -OCH3 is 2. The van der Waals surface area contributed by atoms with Crippen LogP contribution in [0.25, 0.3) is 11.4 Å². The van der Waals surface area contributed by atoms with E-state index in [-0.39, 0.29) is 12.4 Å². The van der Waals surface area contributed by atoms with Gasteiger partial charge in [0, 0.05) is 12.0 Å². The summed E-state index contributed by atoms with van der Waals surface area (Å²) < 4.78 is 15.8. The van der Waals surface area contributed by atoms with Gasteiger partial charge in [0.05, 0.1) is 14.2 Å². The number of hydrogen-bond donors (Lipinski definition) is 1. The fourth-order valence-corrected chi connectivity index (χ4v) is 2.17. The number of aromatic nitrogens is 2. The van der Waals surface area contributed by atoms with E-state index in [0.29, 0.717) is 29.1 Å². The summed E-state index contributed by atoms with van der Waals surface area (Å²) in [4.78, 5) is 4.43. The van der Waals surface area contributed by atoms with Gasteiger partial charge in [-0.05, 0) is 37.2 Å². The van der Waals surface area contributed by atoms with Crippen LogP contribution in [0.3, 0.4) is 0 Å². The minimum Gasteiger partial charge on any atom is -0.493 e. The van der Waals surface area contributed by atoms with E-state index in [4.69, 9.17) is 14.0 Å². The zero-order valence-electron chi connectivity index (χ0n) is 12.0. The van der Waals surface area contributed by atoms with Gasteiger partial charge in [-0.1, -0.05) is 5.16 Å². The first-order valence-corrected chi connectivity index (χ1v) is 6.56. The first-order valence-electron chi connectivity index (χ1n) is 6.56. The average molecular weight is 312 g/mol. The van der Waals surface area contributed by atoms with E-state index in [9.17, 15) is 0 Å². The summed E-state index contributed by atoms with van der Waals surface area (Å²) in [6, 6.07) is 5.57. The van der Waals surface area contributed by atoms with E-state index in [1.165, 1.54) is 0 Å². The van der Waals surface area contributed by atoms with Crippen molar-refractivity contribution >= 4 is 12.4 Å². The third kappa shape index (κ3) is 3.28. The van der Waals surface area contributed by atoms with Crippen molar-refractivity contribution < 1.29 is 14.0 Å². The molecule has 1 aromatic heterocycles. The van der Waals surface area contributed by atoms with E-state index in [1.54, 1.807) is 14.2 Å². The molecule has 0 amide bonds. The molecular formula is C14H18ClN3O3. The van der Waals surface area contributed by atoms with Crippen molar-refractivity contribution in [3.05, 3.63) is 24.1 Å². The zero-order chi connectivity index (χ0) is 13.9. The van der Waals surface area contributed by atoms with Crippen molar-refractivity contribution in [1.29, 1.82) is 0 Å². The van der Waals surface area contributed by atoms with Crippen LogP contribution < -0.4 is 14.8 Å². The predicted octanol–water partition coefficient (Wildman–Crippen LogP) is 1.94. The lowest BCUT2D eigenvalue weighted by Gasteiger charge is -2.25. The van der Waals surface area contributed by atoms with E-state index in [2.05, 4.69) is 15.5 Å². The molecule has 1 saturated heterocycles. The minimum atomic E-state index is 0. The van der Waals surface area contributed by atoms with Gasteiger partial charge in [-0.25, -0.2) is 0 Å². The van der Waals surface area contributed by atoms with Gasteiger partial charge in [0.1, 0.15) is 0 Å². The van der Waals surface area contributed by atoms with Gasteiger partial charge in [0.25, 0.3) is 0 Å². The zero-order valence-corrected chi connectivity index (χ0v) is 12.8. The molecule has 0 saturated carbocycles. The fraction of sp³-hybridized carbons (Fsp3) is 0.429. The SMILES string of the molecule is COc1ccc(-c2noc(CC3CNC3)n2)cc1OC.Cl. The molecule has 2 aromatic rings. The molecule has 21 heavy (non-hydrogen) atoms. The van der Waals surface area contributed by atoms with E-state index >= 15 is 0 Å². The normalized spacial score (nSPS) is 14.2. The second-order valence-electron chi connectivity index (χ2n) is 4.81. The molecule has 3 rings (SSSR count). The third-order valence-corrected chi connectivity index (χ3v) is 3.44. The van der Waals surface area contributed by atoms with E-state index < -0.39 is 0 Å². The molecule has 2 heterocycles. The standard InChI is InChI=1S/C14H17N3O3.ClH/c1-18-11-4-3-10(6-12(11)19-2)14-16-13(20-17-14)5-9-7-15-8-9;/h3-4,6,9,15H,5,7-8H2,1-2H3;1H. The van der Waals surface area contributed by atoms with E-state index in [0.717, 1.165) is 25.1 Å². The maximum atomic E-state index is 5.29. The van der Waals surface area contributed by atoms with Crippen LogP contribution >= 0.6 is 12.4 Å². The summed E-state index contributed by atoms with van der Waals surface area (Å²) in [5.74, 6) is 3.20. The third-order valence-electron chi connectivity index (χ3n) is 3.44. The van der Waals surface area contributed by atoms with Crippen molar-refractivity contribution in [2.45, 2.75) is 6.42 Å². The summed E-state index contributed by atoms with van der Waals surface area (Å²) in [5, 5.41) is 7.25. The molecule has 0 aliphatic carbocycles. The predicted molar refractivity (Wildman–Crippen MR) is 80.1 cm³/mol. The van der Waals surface area contributed by atoms with Gasteiger partial charge in [0.2, 0.25) is 11.7 Å². The lowest BCUT2D eigenvalue weighted by Crippen LogP contribution is -2.43. The first kappa shape index (κ1) is 15.6. The smallest absolute Gasteiger partial charge is 0.227 e. The monoisotopic (exact) mass is 311 g/mol. The van der Waals surface area contributed by atoms with Crippen LogP contribution in [-0.2, 0) is 6.42 Å². The number of nitrogens with zero attached hydrogens (tertiary/aromatic N) is 2. The van der Waals surface area contributed by atoms with Gasteiger partial charge in [-0.15, -0.1) is 12.4 Å². The maximum absolute atomic E-state index is 5.29. The van der Waals surface area contributed by atoms with Crippen molar-refractivity contribution in [3.63, 3.8) is 0 Å². The number of rotatable bonds is 5. The van der Waals surface area contributed by atoms with Crippen LogP contribution in [0.5, 0.6) is 11.5 Å². The summed E-state index contributed by atoms with van der Waals surface area (Å²) in [5.41, 5.74) is 0.851. The van der Waals surface area contributed by atoms with Gasteiger partial charge in [-0.2, -0.15) is 4.98 Å². The molecule has 1 fully saturated rings. The molecular weight excluding hydrogens is 294 g/mol. The summed E-state index contributed by atoms with van der Waals surface area (Å²) in [6.07, 6.45) is 0.827. The lowest BCUT2D eigenvalue weighted by molar-refractivity contribution is 0.296. The van der Waals surface area contributed by atoms with Crippen LogP contribution in [0.2, 0.25) is 0 Å². The molecule has 1 N–H and O–H groups in total. The number of hydrogen-bond acceptors (Lipinski definition) is 6. The Balaban J connectivity index is 0.00000161. The maximum Gasteiger partial charge on any atom is 0.227 e. The van der Waals surface area contributed by atoms with Crippen molar-refractivity contribution in [2.75, 3.05) is 27.3 Å². The Kier molecular flexibility index (Phi) is 5.03. The lowest BCUT2D eigenvalue weighted by atomic mass is 10.00. The highest BCUT2D eigenvalue weighted by Gasteiger charge is 2.21. The molecule has 0 radical (unpaired) electrons. The summed E-state index contributed by atoms with van der Waals surface area (Å²) in [7, 11) is 3.21. The Hall–Kier alpha value is -1.79. The molecule has 1 aromatic carbocycles. The Bertz CT molecular complexity index is 599. The van der Waals surface area contributed by atoms with Gasteiger partial charge < -0.3 is 19.3 Å². The van der Waals surface area contributed by atoms with Gasteiger partial charge in [0.15, 0.2) is 11.5 Å². The molecule has 114 valence electrons. The van der Waals surface area contributed by atoms with Crippen LogP contribution in [0.4, 0.5) is 0 Å². The molecule has 0 spiro atoms. The van der Waals surface area contributed by atoms with E-state index in [1.807, 2.05) is 18.2 Å². The van der Waals surface area contributed by atoms with Crippen LogP contribution in [0.15, 0.2) is 22.7 Å². The van der Waals surface area contributed by atoms with Gasteiger partial charge >= 0.3 is 0 Å². The highest BCUT2D eigenvalue weighted by atomic mass is 35.5. The number of halogens is 1.